The van der Waals surface area contributed by atoms with Gasteiger partial charge in [0.2, 0.25) is 11.8 Å². The first-order chi connectivity index (χ1) is 13.6. The van der Waals surface area contributed by atoms with Crippen LogP contribution in [0, 0.1) is 5.92 Å². The van der Waals surface area contributed by atoms with Crippen LogP contribution in [-0.4, -0.2) is 71.0 Å². The Morgan fingerprint density at radius 2 is 1.86 bits per heavy atom. The molecule has 2 heterocycles. The minimum atomic E-state index is -0.0103. The SMILES string of the molecule is CC[C@H]1S[C@@H](c2ccccc2Cl)N(CCN2CCN(C(=O)C3CC3)CC2)C1=O. The van der Waals surface area contributed by atoms with E-state index in [2.05, 4.69) is 11.8 Å². The number of halogens is 1. The average molecular weight is 422 g/mol. The van der Waals surface area contributed by atoms with E-state index in [0.29, 0.717) is 18.4 Å². The molecule has 2 atom stereocenters. The predicted octanol–water partition coefficient (Wildman–Crippen LogP) is 3.25. The van der Waals surface area contributed by atoms with E-state index in [4.69, 9.17) is 11.6 Å². The van der Waals surface area contributed by atoms with E-state index in [1.807, 2.05) is 34.1 Å². The van der Waals surface area contributed by atoms with Gasteiger partial charge < -0.3 is 9.80 Å². The van der Waals surface area contributed by atoms with Crippen LogP contribution < -0.4 is 0 Å². The molecule has 3 fully saturated rings. The van der Waals surface area contributed by atoms with Crippen molar-refractivity contribution in [1.29, 1.82) is 0 Å². The molecule has 3 aliphatic rings. The monoisotopic (exact) mass is 421 g/mol. The Balaban J connectivity index is 1.36. The van der Waals surface area contributed by atoms with Crippen molar-refractivity contribution in [2.75, 3.05) is 39.3 Å². The van der Waals surface area contributed by atoms with Crippen LogP contribution >= 0.6 is 23.4 Å². The van der Waals surface area contributed by atoms with Gasteiger partial charge in [-0.1, -0.05) is 36.7 Å². The van der Waals surface area contributed by atoms with Crippen LogP contribution in [0.15, 0.2) is 24.3 Å². The molecule has 0 unspecified atom stereocenters. The van der Waals surface area contributed by atoms with Crippen molar-refractivity contribution in [3.63, 3.8) is 0 Å². The molecule has 1 aliphatic carbocycles. The number of thioether (sulfide) groups is 1. The standard InChI is InChI=1S/C21H28ClN3O2S/c1-2-18-20(27)25(21(28-18)16-5-3-4-6-17(16)22)14-11-23-9-12-24(13-10-23)19(26)15-7-8-15/h3-6,15,18,21H,2,7-14H2,1H3/t18-,21+/m1/s1. The lowest BCUT2D eigenvalue weighted by Gasteiger charge is -2.36. The number of carbonyl (C=O) groups excluding carboxylic acids is 2. The Morgan fingerprint density at radius 3 is 2.50 bits per heavy atom. The van der Waals surface area contributed by atoms with Crippen molar-refractivity contribution < 1.29 is 9.59 Å². The van der Waals surface area contributed by atoms with Gasteiger partial charge in [-0.25, -0.2) is 0 Å². The van der Waals surface area contributed by atoms with Gasteiger partial charge in [-0.05, 0) is 25.3 Å². The summed E-state index contributed by atoms with van der Waals surface area (Å²) in [5, 5.41) is 0.722. The molecule has 0 aromatic heterocycles. The first-order valence-corrected chi connectivity index (χ1v) is 11.6. The summed E-state index contributed by atoms with van der Waals surface area (Å²) in [6.45, 7) is 7.01. The maximum absolute atomic E-state index is 12.9. The van der Waals surface area contributed by atoms with Crippen molar-refractivity contribution in [1.82, 2.24) is 14.7 Å². The van der Waals surface area contributed by atoms with Gasteiger partial charge in [0.15, 0.2) is 0 Å². The van der Waals surface area contributed by atoms with Gasteiger partial charge in [-0.2, -0.15) is 0 Å². The smallest absolute Gasteiger partial charge is 0.236 e. The van der Waals surface area contributed by atoms with Crippen molar-refractivity contribution >= 4 is 35.2 Å². The first kappa shape index (κ1) is 20.0. The van der Waals surface area contributed by atoms with Gasteiger partial charge in [0.25, 0.3) is 0 Å². The van der Waals surface area contributed by atoms with Gasteiger partial charge in [0.1, 0.15) is 5.37 Å². The van der Waals surface area contributed by atoms with Crippen LogP contribution in [-0.2, 0) is 9.59 Å². The summed E-state index contributed by atoms with van der Waals surface area (Å²) < 4.78 is 0. The lowest BCUT2D eigenvalue weighted by atomic mass is 10.2. The Labute approximate surface area is 176 Å². The fraction of sp³-hybridized carbons (Fsp3) is 0.619. The highest BCUT2D eigenvalue weighted by Gasteiger charge is 2.41. The summed E-state index contributed by atoms with van der Waals surface area (Å²) >= 11 is 8.15. The highest BCUT2D eigenvalue weighted by Crippen LogP contribution is 2.45. The third kappa shape index (κ3) is 4.19. The zero-order valence-electron chi connectivity index (χ0n) is 16.3. The molecule has 0 spiro atoms. The number of amides is 2. The van der Waals surface area contributed by atoms with E-state index in [0.717, 1.165) is 62.6 Å². The minimum Gasteiger partial charge on any atom is -0.340 e. The largest absolute Gasteiger partial charge is 0.340 e. The number of hydrogen-bond donors (Lipinski definition) is 0. The zero-order chi connectivity index (χ0) is 19.7. The molecule has 1 aromatic rings. The van der Waals surface area contributed by atoms with Crippen LogP contribution in [0.1, 0.15) is 37.1 Å². The number of benzene rings is 1. The molecular weight excluding hydrogens is 394 g/mol. The summed E-state index contributed by atoms with van der Waals surface area (Å²) in [6.07, 6.45) is 2.97. The molecule has 2 saturated heterocycles. The van der Waals surface area contributed by atoms with Crippen LogP contribution in [0.2, 0.25) is 5.02 Å². The second-order valence-corrected chi connectivity index (χ2v) is 9.57. The van der Waals surface area contributed by atoms with Crippen molar-refractivity contribution in [3.05, 3.63) is 34.9 Å². The maximum atomic E-state index is 12.9. The Bertz CT molecular complexity index is 734. The highest BCUT2D eigenvalue weighted by atomic mass is 35.5. The number of hydrogen-bond acceptors (Lipinski definition) is 4. The number of carbonyl (C=O) groups is 2. The average Bonchev–Trinajstić information content (AvgIpc) is 3.51. The molecular formula is C21H28ClN3O2S. The third-order valence-corrected chi connectivity index (χ3v) is 7.92. The Morgan fingerprint density at radius 1 is 1.14 bits per heavy atom. The van der Waals surface area contributed by atoms with E-state index in [9.17, 15) is 9.59 Å². The second kappa shape index (κ2) is 8.64. The normalized spacial score (nSPS) is 26.1. The minimum absolute atomic E-state index is 0.00860. The number of nitrogens with zero attached hydrogens (tertiary/aromatic N) is 3. The molecule has 5 nitrogen and oxygen atoms in total. The molecule has 0 bridgehead atoms. The van der Waals surface area contributed by atoms with Crippen molar-refractivity contribution in [3.8, 4) is 0 Å². The van der Waals surface area contributed by atoms with Gasteiger partial charge >= 0.3 is 0 Å². The van der Waals surface area contributed by atoms with E-state index in [1.165, 1.54) is 0 Å². The van der Waals surface area contributed by atoms with E-state index in [-0.39, 0.29) is 16.5 Å². The van der Waals surface area contributed by atoms with Crippen molar-refractivity contribution in [2.45, 2.75) is 36.8 Å². The topological polar surface area (TPSA) is 43.9 Å². The summed E-state index contributed by atoms with van der Waals surface area (Å²) in [5.74, 6) is 0.864. The summed E-state index contributed by atoms with van der Waals surface area (Å²) in [4.78, 5) is 31.5. The van der Waals surface area contributed by atoms with Gasteiger partial charge in [-0.3, -0.25) is 14.5 Å². The third-order valence-electron chi connectivity index (χ3n) is 5.94. The fourth-order valence-electron chi connectivity index (χ4n) is 4.03. The molecule has 0 N–H and O–H groups in total. The van der Waals surface area contributed by atoms with Gasteiger partial charge in [-0.15, -0.1) is 11.8 Å². The van der Waals surface area contributed by atoms with Crippen molar-refractivity contribution in [2.24, 2.45) is 5.92 Å². The van der Waals surface area contributed by atoms with Crippen LogP contribution in [0.5, 0.6) is 0 Å². The number of rotatable bonds is 6. The molecule has 1 saturated carbocycles. The molecule has 152 valence electrons. The molecule has 1 aromatic carbocycles. The summed E-state index contributed by atoms with van der Waals surface area (Å²) in [7, 11) is 0. The maximum Gasteiger partial charge on any atom is 0.236 e. The summed E-state index contributed by atoms with van der Waals surface area (Å²) in [6, 6.07) is 7.84. The molecule has 7 heteroatoms. The number of piperazine rings is 1. The van der Waals surface area contributed by atoms with E-state index >= 15 is 0 Å². The Hall–Kier alpha value is -1.24. The quantitative estimate of drug-likeness (QED) is 0.707. The van der Waals surface area contributed by atoms with E-state index in [1.54, 1.807) is 11.8 Å². The van der Waals surface area contributed by atoms with Crippen LogP contribution in [0.25, 0.3) is 0 Å². The van der Waals surface area contributed by atoms with Gasteiger partial charge in [0.05, 0.1) is 5.25 Å². The lowest BCUT2D eigenvalue weighted by molar-refractivity contribution is -0.134. The molecule has 4 rings (SSSR count). The summed E-state index contributed by atoms with van der Waals surface area (Å²) in [5.41, 5.74) is 1.03. The predicted molar refractivity (Wildman–Crippen MR) is 113 cm³/mol. The fourth-order valence-corrected chi connectivity index (χ4v) is 5.80. The second-order valence-electron chi connectivity index (χ2n) is 7.88. The molecule has 0 radical (unpaired) electrons. The Kier molecular flexibility index (Phi) is 6.18. The van der Waals surface area contributed by atoms with Gasteiger partial charge in [0, 0.05) is 55.8 Å². The first-order valence-electron chi connectivity index (χ1n) is 10.3. The molecule has 2 amide bonds. The zero-order valence-corrected chi connectivity index (χ0v) is 17.9. The van der Waals surface area contributed by atoms with Crippen LogP contribution in [0.3, 0.4) is 0 Å². The highest BCUT2D eigenvalue weighted by molar-refractivity contribution is 8.01. The van der Waals surface area contributed by atoms with E-state index < -0.39 is 0 Å². The molecule has 28 heavy (non-hydrogen) atoms. The van der Waals surface area contributed by atoms with Crippen LogP contribution in [0.4, 0.5) is 0 Å². The molecule has 2 aliphatic heterocycles. The lowest BCUT2D eigenvalue weighted by Crippen LogP contribution is -2.51.